The van der Waals surface area contributed by atoms with Crippen molar-refractivity contribution in [2.24, 2.45) is 17.8 Å². The van der Waals surface area contributed by atoms with Gasteiger partial charge in [0.15, 0.2) is 0 Å². The zero-order valence-electron chi connectivity index (χ0n) is 16.5. The van der Waals surface area contributed by atoms with Crippen LogP contribution in [0.2, 0.25) is 0 Å². The van der Waals surface area contributed by atoms with Gasteiger partial charge in [0, 0.05) is 45.3 Å². The second kappa shape index (κ2) is 8.91. The molecule has 6 heteroatoms. The topological polar surface area (TPSA) is 61.9 Å². The van der Waals surface area contributed by atoms with Crippen molar-refractivity contribution < 1.29 is 14.3 Å². The van der Waals surface area contributed by atoms with Crippen molar-refractivity contribution in [3.8, 4) is 0 Å². The van der Waals surface area contributed by atoms with E-state index in [1.165, 1.54) is 12.8 Å². The molecule has 2 amide bonds. The predicted molar refractivity (Wildman–Crippen MR) is 103 cm³/mol. The number of amides is 2. The fourth-order valence-corrected chi connectivity index (χ4v) is 5.41. The molecule has 6 nitrogen and oxygen atoms in total. The number of nitrogens with zero attached hydrogens (tertiary/aromatic N) is 2. The Morgan fingerprint density at radius 2 is 1.74 bits per heavy atom. The third-order valence-electron chi connectivity index (χ3n) is 7.22. The highest BCUT2D eigenvalue weighted by molar-refractivity contribution is 5.80. The number of carbonyl (C=O) groups is 2. The first kappa shape index (κ1) is 19.2. The average Bonchev–Trinajstić information content (AvgIpc) is 2.73. The summed E-state index contributed by atoms with van der Waals surface area (Å²) in [4.78, 5) is 29.9. The summed E-state index contributed by atoms with van der Waals surface area (Å²) in [6, 6.07) is 0.133. The Kier molecular flexibility index (Phi) is 6.33. The van der Waals surface area contributed by atoms with Crippen LogP contribution in [-0.2, 0) is 14.3 Å². The highest BCUT2D eigenvalue weighted by Crippen LogP contribution is 2.32. The summed E-state index contributed by atoms with van der Waals surface area (Å²) in [6.07, 6.45) is 8.13. The van der Waals surface area contributed by atoms with Crippen LogP contribution in [0.4, 0.5) is 0 Å². The van der Waals surface area contributed by atoms with Gasteiger partial charge in [0.05, 0.1) is 5.92 Å². The number of hydrogen-bond donors (Lipinski definition) is 1. The fraction of sp³-hybridized carbons (Fsp3) is 0.905. The lowest BCUT2D eigenvalue weighted by atomic mass is 9.78. The number of nitrogens with one attached hydrogen (secondary N) is 1. The average molecular weight is 378 g/mol. The number of fused-ring (bicyclic) bond motifs is 3. The van der Waals surface area contributed by atoms with E-state index in [4.69, 9.17) is 4.74 Å². The summed E-state index contributed by atoms with van der Waals surface area (Å²) in [5.74, 6) is 1.86. The van der Waals surface area contributed by atoms with E-state index in [-0.39, 0.29) is 23.8 Å². The normalized spacial score (nSPS) is 34.4. The molecule has 5 aliphatic heterocycles. The predicted octanol–water partition coefficient (Wildman–Crippen LogP) is 1.64. The highest BCUT2D eigenvalue weighted by Gasteiger charge is 2.39. The van der Waals surface area contributed by atoms with E-state index in [0.717, 1.165) is 71.5 Å². The molecule has 0 spiro atoms. The molecule has 5 fully saturated rings. The van der Waals surface area contributed by atoms with Crippen molar-refractivity contribution in [3.63, 3.8) is 0 Å². The van der Waals surface area contributed by atoms with E-state index in [9.17, 15) is 9.59 Å². The molecule has 0 aromatic rings. The Morgan fingerprint density at radius 3 is 2.44 bits per heavy atom. The van der Waals surface area contributed by atoms with Crippen LogP contribution in [-0.4, -0.2) is 73.6 Å². The Labute approximate surface area is 163 Å². The molecule has 1 N–H and O–H groups in total. The molecule has 152 valence electrons. The molecule has 2 atom stereocenters. The zero-order valence-corrected chi connectivity index (χ0v) is 16.5. The van der Waals surface area contributed by atoms with Crippen molar-refractivity contribution in [2.45, 2.75) is 57.4 Å². The van der Waals surface area contributed by atoms with Crippen LogP contribution >= 0.6 is 0 Å². The lowest BCUT2D eigenvalue weighted by Gasteiger charge is -2.44. The molecular weight excluding hydrogens is 342 g/mol. The van der Waals surface area contributed by atoms with Gasteiger partial charge in [-0.2, -0.15) is 0 Å². The third-order valence-corrected chi connectivity index (χ3v) is 7.22. The van der Waals surface area contributed by atoms with Gasteiger partial charge in [-0.05, 0) is 69.9 Å². The minimum atomic E-state index is 0.133. The summed E-state index contributed by atoms with van der Waals surface area (Å²) >= 11 is 0. The summed E-state index contributed by atoms with van der Waals surface area (Å²) in [5.41, 5.74) is 0. The van der Waals surface area contributed by atoms with Gasteiger partial charge >= 0.3 is 0 Å². The van der Waals surface area contributed by atoms with Crippen LogP contribution in [0.15, 0.2) is 0 Å². The summed E-state index contributed by atoms with van der Waals surface area (Å²) in [5, 5.41) is 3.29. The first-order chi connectivity index (χ1) is 13.2. The number of ether oxygens (including phenoxy) is 1. The number of hydrogen-bond acceptors (Lipinski definition) is 4. The van der Waals surface area contributed by atoms with Crippen molar-refractivity contribution >= 4 is 11.8 Å². The number of carbonyl (C=O) groups excluding carboxylic acids is 2. The van der Waals surface area contributed by atoms with Crippen LogP contribution in [0.3, 0.4) is 0 Å². The maximum absolute atomic E-state index is 12.8. The monoisotopic (exact) mass is 377 g/mol. The Morgan fingerprint density at radius 1 is 0.963 bits per heavy atom. The van der Waals surface area contributed by atoms with Crippen molar-refractivity contribution in [1.82, 2.24) is 15.1 Å². The van der Waals surface area contributed by atoms with Gasteiger partial charge in [-0.15, -0.1) is 0 Å². The molecule has 5 rings (SSSR count). The van der Waals surface area contributed by atoms with Gasteiger partial charge in [-0.3, -0.25) is 9.59 Å². The van der Waals surface area contributed by atoms with E-state index in [1.807, 2.05) is 4.90 Å². The Balaban J connectivity index is 1.22. The molecule has 5 saturated heterocycles. The SMILES string of the molecule is O=C(NC1CCCN(C(=O)CCC2CCOCC2)C1)C1CN2CCC1CC2. The minimum absolute atomic E-state index is 0.133. The molecule has 27 heavy (non-hydrogen) atoms. The van der Waals surface area contributed by atoms with E-state index in [2.05, 4.69) is 10.2 Å². The Bertz CT molecular complexity index is 527. The van der Waals surface area contributed by atoms with Gasteiger partial charge in [0.1, 0.15) is 0 Å². The van der Waals surface area contributed by atoms with Crippen molar-refractivity contribution in [1.29, 1.82) is 0 Å². The molecule has 0 aromatic carbocycles. The quantitative estimate of drug-likeness (QED) is 0.791. The van der Waals surface area contributed by atoms with E-state index < -0.39 is 0 Å². The van der Waals surface area contributed by atoms with Crippen molar-refractivity contribution in [2.75, 3.05) is 45.9 Å². The molecule has 0 radical (unpaired) electrons. The summed E-state index contributed by atoms with van der Waals surface area (Å²) in [6.45, 7) is 6.47. The lowest BCUT2D eigenvalue weighted by Crippen LogP contribution is -2.56. The van der Waals surface area contributed by atoms with Gasteiger partial charge in [0.25, 0.3) is 0 Å². The van der Waals surface area contributed by atoms with E-state index >= 15 is 0 Å². The smallest absolute Gasteiger partial charge is 0.224 e. The van der Waals surface area contributed by atoms with Crippen LogP contribution < -0.4 is 5.32 Å². The first-order valence-corrected chi connectivity index (χ1v) is 11.1. The van der Waals surface area contributed by atoms with E-state index in [1.54, 1.807) is 0 Å². The van der Waals surface area contributed by atoms with Crippen molar-refractivity contribution in [3.05, 3.63) is 0 Å². The zero-order chi connectivity index (χ0) is 18.6. The van der Waals surface area contributed by atoms with E-state index in [0.29, 0.717) is 24.8 Å². The van der Waals surface area contributed by atoms with Crippen LogP contribution in [0.5, 0.6) is 0 Å². The molecule has 2 unspecified atom stereocenters. The van der Waals surface area contributed by atoms with Crippen LogP contribution in [0.25, 0.3) is 0 Å². The van der Waals surface area contributed by atoms with Gasteiger partial charge < -0.3 is 19.9 Å². The second-order valence-corrected chi connectivity index (χ2v) is 9.03. The molecule has 5 aliphatic rings. The maximum atomic E-state index is 12.8. The standard InChI is InChI=1S/C21H35N3O3/c25-20(4-3-16-7-12-27-13-8-16)24-9-1-2-18(14-24)22-21(26)19-15-23-10-5-17(19)6-11-23/h16-19H,1-15H2,(H,22,26). The fourth-order valence-electron chi connectivity index (χ4n) is 5.41. The molecule has 0 aliphatic carbocycles. The van der Waals surface area contributed by atoms with Gasteiger partial charge in [0.2, 0.25) is 11.8 Å². The maximum Gasteiger partial charge on any atom is 0.224 e. The molecule has 0 saturated carbocycles. The first-order valence-electron chi connectivity index (χ1n) is 11.1. The second-order valence-electron chi connectivity index (χ2n) is 9.03. The molecule has 0 aromatic heterocycles. The summed E-state index contributed by atoms with van der Waals surface area (Å²) < 4.78 is 5.40. The number of likely N-dealkylation sites (tertiary alicyclic amines) is 1. The van der Waals surface area contributed by atoms with Crippen LogP contribution in [0, 0.1) is 17.8 Å². The minimum Gasteiger partial charge on any atom is -0.381 e. The Hall–Kier alpha value is -1.14. The third kappa shape index (κ3) is 4.83. The molecule has 5 heterocycles. The molecular formula is C21H35N3O3. The highest BCUT2D eigenvalue weighted by atomic mass is 16.5. The summed E-state index contributed by atoms with van der Waals surface area (Å²) in [7, 11) is 0. The number of rotatable bonds is 5. The molecule has 2 bridgehead atoms. The lowest BCUT2D eigenvalue weighted by molar-refractivity contribution is -0.136. The largest absolute Gasteiger partial charge is 0.381 e. The van der Waals surface area contributed by atoms with Gasteiger partial charge in [-0.1, -0.05) is 0 Å². The van der Waals surface area contributed by atoms with Crippen LogP contribution in [0.1, 0.15) is 51.4 Å². The van der Waals surface area contributed by atoms with Gasteiger partial charge in [-0.25, -0.2) is 0 Å². The number of piperidine rings is 4.